The standard InChI is InChI=1S/C19H25N3O4S/c1-2-3-6-10-22-19(24)16-8-5-4-7-15(16)17(21-22)18(23)20-12-14-9-11-27(25,26)13-14/h4-5,7-8,14H,2-3,6,9-13H2,1H3,(H,20,23). The largest absolute Gasteiger partial charge is 0.350 e. The number of fused-ring (bicyclic) bond motifs is 1. The zero-order valence-corrected chi connectivity index (χ0v) is 16.3. The van der Waals surface area contributed by atoms with E-state index < -0.39 is 9.84 Å². The van der Waals surface area contributed by atoms with Crippen LogP contribution in [0.2, 0.25) is 0 Å². The van der Waals surface area contributed by atoms with Gasteiger partial charge in [-0.25, -0.2) is 13.1 Å². The fourth-order valence-corrected chi connectivity index (χ4v) is 5.28. The van der Waals surface area contributed by atoms with E-state index in [2.05, 4.69) is 17.3 Å². The van der Waals surface area contributed by atoms with Crippen molar-refractivity contribution in [2.45, 2.75) is 39.2 Å². The minimum atomic E-state index is -2.98. The van der Waals surface area contributed by atoms with Crippen molar-refractivity contribution in [3.05, 3.63) is 40.3 Å². The van der Waals surface area contributed by atoms with Gasteiger partial charge < -0.3 is 5.32 Å². The highest BCUT2D eigenvalue weighted by Gasteiger charge is 2.28. The molecule has 1 aliphatic rings. The van der Waals surface area contributed by atoms with Gasteiger partial charge in [0.1, 0.15) is 0 Å². The minimum absolute atomic E-state index is 0.0688. The Labute approximate surface area is 158 Å². The van der Waals surface area contributed by atoms with Crippen LogP contribution in [0.25, 0.3) is 10.8 Å². The van der Waals surface area contributed by atoms with E-state index in [1.54, 1.807) is 24.3 Å². The van der Waals surface area contributed by atoms with Gasteiger partial charge in [-0.3, -0.25) is 9.59 Å². The maximum absolute atomic E-state index is 12.7. The van der Waals surface area contributed by atoms with Crippen LogP contribution in [-0.2, 0) is 16.4 Å². The van der Waals surface area contributed by atoms with Crippen LogP contribution in [0.1, 0.15) is 43.1 Å². The summed E-state index contributed by atoms with van der Waals surface area (Å²) in [5, 5.41) is 8.11. The molecule has 1 atom stereocenters. The third-order valence-corrected chi connectivity index (χ3v) is 6.77. The van der Waals surface area contributed by atoms with Gasteiger partial charge in [-0.2, -0.15) is 5.10 Å². The molecule has 0 aliphatic carbocycles. The number of carbonyl (C=O) groups excluding carboxylic acids is 1. The molecule has 1 fully saturated rings. The van der Waals surface area contributed by atoms with Crippen molar-refractivity contribution in [3.63, 3.8) is 0 Å². The van der Waals surface area contributed by atoms with Crippen LogP contribution in [0.15, 0.2) is 29.1 Å². The van der Waals surface area contributed by atoms with Crippen LogP contribution in [0, 0.1) is 5.92 Å². The average Bonchev–Trinajstić information content (AvgIpc) is 3.01. The van der Waals surface area contributed by atoms with Crippen LogP contribution in [-0.4, -0.2) is 42.2 Å². The zero-order chi connectivity index (χ0) is 19.4. The van der Waals surface area contributed by atoms with Gasteiger partial charge in [0.2, 0.25) is 0 Å². The Bertz CT molecular complexity index is 998. The van der Waals surface area contributed by atoms with Crippen molar-refractivity contribution in [2.75, 3.05) is 18.1 Å². The first-order valence-electron chi connectivity index (χ1n) is 9.40. The molecule has 0 saturated carbocycles. The monoisotopic (exact) mass is 391 g/mol. The number of hydrogen-bond acceptors (Lipinski definition) is 5. The number of sulfone groups is 1. The molecule has 1 aliphatic heterocycles. The highest BCUT2D eigenvalue weighted by atomic mass is 32.2. The first-order valence-corrected chi connectivity index (χ1v) is 11.2. The Balaban J connectivity index is 1.84. The Morgan fingerprint density at radius 1 is 1.26 bits per heavy atom. The summed E-state index contributed by atoms with van der Waals surface area (Å²) in [6.07, 6.45) is 3.40. The van der Waals surface area contributed by atoms with Crippen LogP contribution in [0.3, 0.4) is 0 Å². The van der Waals surface area contributed by atoms with E-state index in [0.29, 0.717) is 30.3 Å². The number of unbranched alkanes of at least 4 members (excludes halogenated alkanes) is 2. The summed E-state index contributed by atoms with van der Waals surface area (Å²) >= 11 is 0. The van der Waals surface area contributed by atoms with Crippen molar-refractivity contribution >= 4 is 26.5 Å². The topological polar surface area (TPSA) is 98.1 Å². The molecular weight excluding hydrogens is 366 g/mol. The quantitative estimate of drug-likeness (QED) is 0.725. The van der Waals surface area contributed by atoms with Gasteiger partial charge in [-0.15, -0.1) is 0 Å². The van der Waals surface area contributed by atoms with E-state index in [1.165, 1.54) is 4.68 Å². The minimum Gasteiger partial charge on any atom is -0.350 e. The van der Waals surface area contributed by atoms with Crippen LogP contribution in [0.4, 0.5) is 0 Å². The Morgan fingerprint density at radius 2 is 2.00 bits per heavy atom. The molecule has 1 N–H and O–H groups in total. The summed E-state index contributed by atoms with van der Waals surface area (Å²) in [5.74, 6) is -0.157. The molecule has 1 aromatic carbocycles. The van der Waals surface area contributed by atoms with Gasteiger partial charge in [0, 0.05) is 18.5 Å². The van der Waals surface area contributed by atoms with E-state index in [9.17, 15) is 18.0 Å². The fraction of sp³-hybridized carbons (Fsp3) is 0.526. The van der Waals surface area contributed by atoms with Crippen LogP contribution in [0.5, 0.6) is 0 Å². The zero-order valence-electron chi connectivity index (χ0n) is 15.5. The number of nitrogens with zero attached hydrogens (tertiary/aromatic N) is 2. The number of hydrogen-bond donors (Lipinski definition) is 1. The molecule has 7 nitrogen and oxygen atoms in total. The lowest BCUT2D eigenvalue weighted by Crippen LogP contribution is -2.33. The number of carbonyl (C=O) groups is 1. The second kappa shape index (κ2) is 8.21. The SMILES string of the molecule is CCCCCn1nc(C(=O)NCC2CCS(=O)(=O)C2)c2ccccc2c1=O. The van der Waals surface area contributed by atoms with Crippen molar-refractivity contribution in [1.29, 1.82) is 0 Å². The molecule has 2 aromatic rings. The van der Waals surface area contributed by atoms with Gasteiger partial charge in [0.15, 0.2) is 15.5 Å². The second-order valence-electron chi connectivity index (χ2n) is 7.11. The van der Waals surface area contributed by atoms with E-state index in [1.807, 2.05) is 0 Å². The molecule has 0 radical (unpaired) electrons. The third kappa shape index (κ3) is 4.55. The highest BCUT2D eigenvalue weighted by Crippen LogP contribution is 2.18. The van der Waals surface area contributed by atoms with Crippen molar-refractivity contribution in [1.82, 2.24) is 15.1 Å². The number of rotatable bonds is 7. The number of benzene rings is 1. The number of aryl methyl sites for hydroxylation is 1. The maximum atomic E-state index is 12.7. The molecule has 27 heavy (non-hydrogen) atoms. The normalized spacial score (nSPS) is 18.6. The molecule has 146 valence electrons. The smallest absolute Gasteiger partial charge is 0.274 e. The molecular formula is C19H25N3O4S. The van der Waals surface area contributed by atoms with Crippen molar-refractivity contribution in [2.24, 2.45) is 5.92 Å². The lowest BCUT2D eigenvalue weighted by atomic mass is 10.1. The summed E-state index contributed by atoms with van der Waals surface area (Å²) < 4.78 is 24.5. The molecule has 2 heterocycles. The molecule has 0 spiro atoms. The summed E-state index contributed by atoms with van der Waals surface area (Å²) in [6.45, 7) is 2.85. The number of aromatic nitrogens is 2. The third-order valence-electron chi connectivity index (χ3n) is 4.93. The molecule has 8 heteroatoms. The van der Waals surface area contributed by atoms with E-state index >= 15 is 0 Å². The van der Waals surface area contributed by atoms with Gasteiger partial charge in [-0.1, -0.05) is 38.0 Å². The molecule has 3 rings (SSSR count). The van der Waals surface area contributed by atoms with Crippen molar-refractivity contribution in [3.8, 4) is 0 Å². The highest BCUT2D eigenvalue weighted by molar-refractivity contribution is 7.91. The van der Waals surface area contributed by atoms with Gasteiger partial charge >= 0.3 is 0 Å². The molecule has 1 unspecified atom stereocenters. The van der Waals surface area contributed by atoms with E-state index in [-0.39, 0.29) is 34.6 Å². The summed E-state index contributed by atoms with van der Waals surface area (Å²) in [6, 6.07) is 6.96. The van der Waals surface area contributed by atoms with Gasteiger partial charge in [0.25, 0.3) is 11.5 Å². The molecule has 1 saturated heterocycles. The molecule has 1 amide bonds. The number of amides is 1. The molecule has 0 bridgehead atoms. The van der Waals surface area contributed by atoms with E-state index in [4.69, 9.17) is 0 Å². The average molecular weight is 391 g/mol. The second-order valence-corrected chi connectivity index (χ2v) is 9.34. The van der Waals surface area contributed by atoms with E-state index in [0.717, 1.165) is 19.3 Å². The van der Waals surface area contributed by atoms with Crippen LogP contribution < -0.4 is 10.9 Å². The first kappa shape index (κ1) is 19.5. The lowest BCUT2D eigenvalue weighted by molar-refractivity contribution is 0.0943. The predicted molar refractivity (Wildman–Crippen MR) is 105 cm³/mol. The fourth-order valence-electron chi connectivity index (χ4n) is 3.42. The predicted octanol–water partition coefficient (Wildman–Crippen LogP) is 1.75. The Kier molecular flexibility index (Phi) is 5.94. The Morgan fingerprint density at radius 3 is 2.67 bits per heavy atom. The molecule has 1 aromatic heterocycles. The van der Waals surface area contributed by atoms with Gasteiger partial charge in [-0.05, 0) is 24.8 Å². The van der Waals surface area contributed by atoms with Crippen molar-refractivity contribution < 1.29 is 13.2 Å². The maximum Gasteiger partial charge on any atom is 0.274 e. The van der Waals surface area contributed by atoms with Crippen LogP contribution >= 0.6 is 0 Å². The summed E-state index contributed by atoms with van der Waals surface area (Å²) in [7, 11) is -2.98. The summed E-state index contributed by atoms with van der Waals surface area (Å²) in [4.78, 5) is 25.4. The van der Waals surface area contributed by atoms with Gasteiger partial charge in [0.05, 0.1) is 16.9 Å². The Hall–Kier alpha value is -2.22. The summed E-state index contributed by atoms with van der Waals surface area (Å²) in [5.41, 5.74) is 0.0164. The number of nitrogens with one attached hydrogen (secondary N) is 1. The lowest BCUT2D eigenvalue weighted by Gasteiger charge is -2.13. The first-order chi connectivity index (χ1) is 12.9.